The van der Waals surface area contributed by atoms with Gasteiger partial charge in [-0.25, -0.2) is 4.39 Å². The second kappa shape index (κ2) is 7.83. The molecule has 0 aliphatic carbocycles. The average molecular weight is 376 g/mol. The summed E-state index contributed by atoms with van der Waals surface area (Å²) in [5.74, 6) is -1.17. The van der Waals surface area contributed by atoms with E-state index in [2.05, 4.69) is 4.98 Å². The lowest BCUT2D eigenvalue weighted by Gasteiger charge is -2.21. The summed E-state index contributed by atoms with van der Waals surface area (Å²) >= 11 is 5.80. The largest absolute Gasteiger partial charge is 0.345 e. The molecule has 26 heavy (non-hydrogen) atoms. The zero-order valence-electron chi connectivity index (χ0n) is 14.4. The van der Waals surface area contributed by atoms with Gasteiger partial charge >= 0.3 is 0 Å². The first-order valence-corrected chi connectivity index (χ1v) is 8.73. The van der Waals surface area contributed by atoms with Crippen LogP contribution in [0.5, 0.6) is 0 Å². The number of pyridine rings is 1. The molecule has 0 bridgehead atoms. The molecule has 0 spiro atoms. The molecule has 0 N–H and O–H groups in total. The molecule has 1 aromatic carbocycles. The number of benzene rings is 1. The van der Waals surface area contributed by atoms with Gasteiger partial charge in [0.25, 0.3) is 0 Å². The highest BCUT2D eigenvalue weighted by Gasteiger charge is 2.36. The Hall–Kier alpha value is -2.47. The maximum Gasteiger partial charge on any atom is 0.227 e. The number of likely N-dealkylation sites (N-methyl/N-ethyl adjacent to an activating group) is 1. The van der Waals surface area contributed by atoms with Crippen LogP contribution in [0.2, 0.25) is 5.02 Å². The number of amides is 2. The van der Waals surface area contributed by atoms with E-state index in [4.69, 9.17) is 11.6 Å². The minimum Gasteiger partial charge on any atom is -0.345 e. The monoisotopic (exact) mass is 375 g/mol. The Morgan fingerprint density at radius 3 is 2.77 bits per heavy atom. The van der Waals surface area contributed by atoms with E-state index in [9.17, 15) is 14.0 Å². The summed E-state index contributed by atoms with van der Waals surface area (Å²) in [7, 11) is 1.74. The minimum atomic E-state index is -0.537. The van der Waals surface area contributed by atoms with Gasteiger partial charge in [-0.3, -0.25) is 14.6 Å². The highest BCUT2D eigenvalue weighted by atomic mass is 35.5. The topological polar surface area (TPSA) is 53.5 Å². The number of hydrogen-bond acceptors (Lipinski definition) is 3. The van der Waals surface area contributed by atoms with Gasteiger partial charge in [0.2, 0.25) is 11.8 Å². The normalized spacial score (nSPS) is 16.8. The van der Waals surface area contributed by atoms with Crippen molar-refractivity contribution in [3.05, 3.63) is 59.1 Å². The molecule has 1 unspecified atom stereocenters. The van der Waals surface area contributed by atoms with E-state index in [1.807, 2.05) is 12.1 Å². The molecular weight excluding hydrogens is 357 g/mol. The lowest BCUT2D eigenvalue weighted by atomic mass is 10.1. The van der Waals surface area contributed by atoms with Crippen LogP contribution in [0.3, 0.4) is 0 Å². The standard InChI is InChI=1S/C19H19ClFN3O2/c1-23(9-6-13-4-7-22-8-5-13)19(26)14-10-18(25)24(12-14)15-2-3-17(21)16(20)11-15/h2-5,7-8,11,14H,6,9-10,12H2,1H3. The van der Waals surface area contributed by atoms with Crippen molar-refractivity contribution in [2.45, 2.75) is 12.8 Å². The summed E-state index contributed by atoms with van der Waals surface area (Å²) in [6.45, 7) is 0.842. The Morgan fingerprint density at radius 2 is 2.08 bits per heavy atom. The maximum absolute atomic E-state index is 13.3. The number of halogens is 2. The molecule has 3 rings (SSSR count). The lowest BCUT2D eigenvalue weighted by Crippen LogP contribution is -2.36. The smallest absolute Gasteiger partial charge is 0.227 e. The fourth-order valence-corrected chi connectivity index (χ4v) is 3.22. The van der Waals surface area contributed by atoms with Crippen molar-refractivity contribution in [1.82, 2.24) is 9.88 Å². The van der Waals surface area contributed by atoms with E-state index in [1.54, 1.807) is 24.3 Å². The summed E-state index contributed by atoms with van der Waals surface area (Å²) in [6.07, 6.45) is 4.31. The zero-order chi connectivity index (χ0) is 18.7. The van der Waals surface area contributed by atoms with Crippen molar-refractivity contribution in [3.63, 3.8) is 0 Å². The molecule has 1 aliphatic heterocycles. The summed E-state index contributed by atoms with van der Waals surface area (Å²) in [5.41, 5.74) is 1.61. The van der Waals surface area contributed by atoms with Crippen molar-refractivity contribution >= 4 is 29.1 Å². The maximum atomic E-state index is 13.3. The van der Waals surface area contributed by atoms with Crippen LogP contribution >= 0.6 is 11.6 Å². The predicted octanol–water partition coefficient (Wildman–Crippen LogP) is 2.93. The molecule has 136 valence electrons. The molecule has 1 saturated heterocycles. The van der Waals surface area contributed by atoms with E-state index >= 15 is 0 Å². The molecule has 2 heterocycles. The van der Waals surface area contributed by atoms with Gasteiger partial charge in [0.15, 0.2) is 0 Å². The minimum absolute atomic E-state index is 0.0421. The molecule has 1 aliphatic rings. The Morgan fingerprint density at radius 1 is 1.35 bits per heavy atom. The molecule has 1 fully saturated rings. The molecule has 2 aromatic rings. The molecule has 0 saturated carbocycles. The summed E-state index contributed by atoms with van der Waals surface area (Å²) in [4.78, 5) is 32.1. The predicted molar refractivity (Wildman–Crippen MR) is 97.4 cm³/mol. The Bertz CT molecular complexity index is 816. The summed E-state index contributed by atoms with van der Waals surface area (Å²) in [6, 6.07) is 7.96. The summed E-state index contributed by atoms with van der Waals surface area (Å²) < 4.78 is 13.3. The molecule has 2 amide bonds. The van der Waals surface area contributed by atoms with Crippen LogP contribution in [0.25, 0.3) is 0 Å². The van der Waals surface area contributed by atoms with Crippen LogP contribution in [-0.4, -0.2) is 41.8 Å². The highest BCUT2D eigenvalue weighted by molar-refractivity contribution is 6.31. The van der Waals surface area contributed by atoms with Gasteiger partial charge in [0.05, 0.1) is 10.9 Å². The third kappa shape index (κ3) is 4.02. The molecule has 7 heteroatoms. The quantitative estimate of drug-likeness (QED) is 0.807. The first kappa shape index (κ1) is 18.3. The fourth-order valence-electron chi connectivity index (χ4n) is 3.04. The van der Waals surface area contributed by atoms with E-state index in [-0.39, 0.29) is 29.8 Å². The number of hydrogen-bond donors (Lipinski definition) is 0. The van der Waals surface area contributed by atoms with Gasteiger partial charge < -0.3 is 9.80 Å². The SMILES string of the molecule is CN(CCc1ccncc1)C(=O)C1CC(=O)N(c2ccc(F)c(Cl)c2)C1. The van der Waals surface area contributed by atoms with Crippen LogP contribution in [0.1, 0.15) is 12.0 Å². The van der Waals surface area contributed by atoms with Gasteiger partial charge in [-0.15, -0.1) is 0 Å². The van der Waals surface area contributed by atoms with Crippen molar-refractivity contribution < 1.29 is 14.0 Å². The second-order valence-electron chi connectivity index (χ2n) is 6.37. The first-order valence-electron chi connectivity index (χ1n) is 8.35. The van der Waals surface area contributed by atoms with Crippen LogP contribution < -0.4 is 4.90 Å². The Balaban J connectivity index is 1.61. The van der Waals surface area contributed by atoms with Crippen LogP contribution in [0.4, 0.5) is 10.1 Å². The molecule has 1 atom stereocenters. The average Bonchev–Trinajstić information content (AvgIpc) is 3.04. The Kier molecular flexibility index (Phi) is 5.52. The first-order chi connectivity index (χ1) is 12.5. The summed E-state index contributed by atoms with van der Waals surface area (Å²) in [5, 5.41) is -0.0421. The van der Waals surface area contributed by atoms with E-state index in [0.717, 1.165) is 12.0 Å². The van der Waals surface area contributed by atoms with Gasteiger partial charge in [0.1, 0.15) is 5.82 Å². The van der Waals surface area contributed by atoms with Crippen molar-refractivity contribution in [1.29, 1.82) is 0 Å². The molecule has 5 nitrogen and oxygen atoms in total. The third-order valence-corrected chi connectivity index (χ3v) is 4.84. The number of carbonyl (C=O) groups is 2. The molecular formula is C19H19ClFN3O2. The zero-order valence-corrected chi connectivity index (χ0v) is 15.1. The van der Waals surface area contributed by atoms with Crippen LogP contribution in [-0.2, 0) is 16.0 Å². The third-order valence-electron chi connectivity index (χ3n) is 4.55. The second-order valence-corrected chi connectivity index (χ2v) is 6.78. The number of aromatic nitrogens is 1. The van der Waals surface area contributed by atoms with E-state index in [1.165, 1.54) is 23.1 Å². The van der Waals surface area contributed by atoms with Crippen LogP contribution in [0, 0.1) is 11.7 Å². The molecule has 1 aromatic heterocycles. The van der Waals surface area contributed by atoms with Crippen molar-refractivity contribution in [2.24, 2.45) is 5.92 Å². The van der Waals surface area contributed by atoms with Gasteiger partial charge in [-0.1, -0.05) is 11.6 Å². The van der Waals surface area contributed by atoms with E-state index < -0.39 is 11.7 Å². The van der Waals surface area contributed by atoms with Crippen molar-refractivity contribution in [3.8, 4) is 0 Å². The molecule has 0 radical (unpaired) electrons. The number of carbonyl (C=O) groups excluding carboxylic acids is 2. The van der Waals surface area contributed by atoms with Gasteiger partial charge in [-0.2, -0.15) is 0 Å². The lowest BCUT2D eigenvalue weighted by molar-refractivity contribution is -0.134. The number of anilines is 1. The van der Waals surface area contributed by atoms with Crippen LogP contribution in [0.15, 0.2) is 42.7 Å². The van der Waals surface area contributed by atoms with E-state index in [0.29, 0.717) is 12.2 Å². The van der Waals surface area contributed by atoms with Gasteiger partial charge in [0, 0.05) is 44.6 Å². The highest BCUT2D eigenvalue weighted by Crippen LogP contribution is 2.29. The number of rotatable bonds is 5. The van der Waals surface area contributed by atoms with Crippen molar-refractivity contribution in [2.75, 3.05) is 25.0 Å². The van der Waals surface area contributed by atoms with Gasteiger partial charge in [-0.05, 0) is 42.3 Å². The number of nitrogens with zero attached hydrogens (tertiary/aromatic N) is 3. The fraction of sp³-hybridized carbons (Fsp3) is 0.316. The Labute approximate surface area is 156 Å².